The number of methoxy groups -OCH3 is 1. The molecule has 0 saturated heterocycles. The predicted molar refractivity (Wildman–Crippen MR) is 35.6 cm³/mol. The quantitative estimate of drug-likeness (QED) is 0.545. The molecule has 0 aromatic carbocycles. The van der Waals surface area contributed by atoms with Crippen molar-refractivity contribution in [2.45, 2.75) is 0 Å². The molecule has 0 atom stereocenters. The van der Waals surface area contributed by atoms with Crippen LogP contribution in [0.2, 0.25) is 0 Å². The Morgan fingerprint density at radius 1 is 2.00 bits per heavy atom. The maximum Gasteiger partial charge on any atom is 0.356 e. The molecule has 0 aliphatic carbocycles. The molecule has 0 aliphatic heterocycles. The van der Waals surface area contributed by atoms with Crippen molar-refractivity contribution in [1.29, 1.82) is 0 Å². The monoisotopic (exact) mass is 141 g/mol. The number of ether oxygens (including phenoxy) is 1. The SMILES string of the molecule is [2H]c1ccc(C(=O)OC([2H])([2H])[2H])nc1. The van der Waals surface area contributed by atoms with Crippen molar-refractivity contribution in [3.63, 3.8) is 0 Å². The number of rotatable bonds is 1. The minimum atomic E-state index is -2.77. The van der Waals surface area contributed by atoms with Gasteiger partial charge in [-0.25, -0.2) is 9.78 Å². The number of hydrogen-bond acceptors (Lipinski definition) is 3. The third-order valence-electron chi connectivity index (χ3n) is 0.917. The van der Waals surface area contributed by atoms with Gasteiger partial charge in [-0.2, -0.15) is 0 Å². The van der Waals surface area contributed by atoms with Crippen molar-refractivity contribution in [2.24, 2.45) is 0 Å². The van der Waals surface area contributed by atoms with Crippen LogP contribution < -0.4 is 0 Å². The number of nitrogens with zero attached hydrogens (tertiary/aromatic N) is 1. The molecular formula is C7H7NO2. The molecule has 3 heteroatoms. The summed E-state index contributed by atoms with van der Waals surface area (Å²) in [7, 11) is -2.77. The highest BCUT2D eigenvalue weighted by Gasteiger charge is 2.02. The second kappa shape index (κ2) is 2.96. The van der Waals surface area contributed by atoms with E-state index in [0.29, 0.717) is 0 Å². The molecule has 3 nitrogen and oxygen atoms in total. The average molecular weight is 141 g/mol. The van der Waals surface area contributed by atoms with Crippen LogP contribution in [0.4, 0.5) is 0 Å². The summed E-state index contributed by atoms with van der Waals surface area (Å²) < 4.78 is 31.2. The van der Waals surface area contributed by atoms with Crippen LogP contribution in [0.15, 0.2) is 24.4 Å². The van der Waals surface area contributed by atoms with Gasteiger partial charge in [0, 0.05) is 6.20 Å². The van der Waals surface area contributed by atoms with Crippen LogP contribution >= 0.6 is 0 Å². The van der Waals surface area contributed by atoms with Crippen molar-refractivity contribution in [3.05, 3.63) is 30.1 Å². The van der Waals surface area contributed by atoms with Crippen LogP contribution in [-0.4, -0.2) is 18.0 Å². The van der Waals surface area contributed by atoms with E-state index in [-0.39, 0.29) is 11.7 Å². The van der Waals surface area contributed by atoms with Crippen LogP contribution in [-0.2, 0) is 4.74 Å². The predicted octanol–water partition coefficient (Wildman–Crippen LogP) is 0.868. The van der Waals surface area contributed by atoms with E-state index in [2.05, 4.69) is 9.72 Å². The lowest BCUT2D eigenvalue weighted by atomic mass is 10.4. The van der Waals surface area contributed by atoms with Gasteiger partial charge in [-0.3, -0.25) is 0 Å². The summed E-state index contributed by atoms with van der Waals surface area (Å²) in [5, 5.41) is 0. The number of carbonyl (C=O) groups is 1. The molecule has 0 fully saturated rings. The first-order chi connectivity index (χ1) is 6.38. The molecule has 0 bridgehead atoms. The topological polar surface area (TPSA) is 39.2 Å². The van der Waals surface area contributed by atoms with Crippen LogP contribution in [0.25, 0.3) is 0 Å². The van der Waals surface area contributed by atoms with Gasteiger partial charge in [-0.15, -0.1) is 0 Å². The normalized spacial score (nSPS) is 16.0. The van der Waals surface area contributed by atoms with Crippen LogP contribution in [0.3, 0.4) is 0 Å². The Morgan fingerprint density at radius 3 is 3.50 bits per heavy atom. The third kappa shape index (κ3) is 1.31. The zero-order valence-corrected chi connectivity index (χ0v) is 5.00. The molecule has 0 saturated carbocycles. The average Bonchev–Trinajstić information content (AvgIpc) is 2.02. The van der Waals surface area contributed by atoms with E-state index in [4.69, 9.17) is 5.48 Å². The summed E-state index contributed by atoms with van der Waals surface area (Å²) in [4.78, 5) is 14.6. The molecule has 52 valence electrons. The fraction of sp³-hybridized carbons (Fsp3) is 0.143. The zero-order valence-electron chi connectivity index (χ0n) is 9.00. The summed E-state index contributed by atoms with van der Waals surface area (Å²) in [5.41, 5.74) is -0.128. The summed E-state index contributed by atoms with van der Waals surface area (Å²) in [6.45, 7) is 0. The van der Waals surface area contributed by atoms with Gasteiger partial charge in [0.05, 0.1) is 12.5 Å². The molecule has 1 aromatic rings. The standard InChI is InChI=1S/C7H7NO2/c1-10-7(9)6-4-2-3-5-8-6/h2-5H,1H3/i1D3,3D. The molecule has 0 unspecified atom stereocenters. The van der Waals surface area contributed by atoms with Gasteiger partial charge in [0.1, 0.15) is 5.69 Å². The number of esters is 1. The van der Waals surface area contributed by atoms with Gasteiger partial charge in [-0.05, 0) is 12.1 Å². The first-order valence-corrected chi connectivity index (χ1v) is 2.54. The second-order valence-corrected chi connectivity index (χ2v) is 1.53. The Kier molecular flexibility index (Phi) is 0.931. The number of pyridine rings is 1. The van der Waals surface area contributed by atoms with Crippen LogP contribution in [0.5, 0.6) is 0 Å². The summed E-state index contributed by atoms with van der Waals surface area (Å²) in [5.74, 6) is -1.02. The molecule has 0 spiro atoms. The van der Waals surface area contributed by atoms with Crippen molar-refractivity contribution < 1.29 is 15.0 Å². The van der Waals surface area contributed by atoms with E-state index in [1.807, 2.05) is 0 Å². The summed E-state index contributed by atoms with van der Waals surface area (Å²) in [6, 6.07) is 2.69. The van der Waals surface area contributed by atoms with E-state index in [1.165, 1.54) is 12.1 Å². The molecule has 1 rings (SSSR count). The lowest BCUT2D eigenvalue weighted by Crippen LogP contribution is -2.02. The van der Waals surface area contributed by atoms with E-state index in [0.717, 1.165) is 6.20 Å². The van der Waals surface area contributed by atoms with Crippen LogP contribution in [0.1, 0.15) is 16.0 Å². The highest BCUT2D eigenvalue weighted by molar-refractivity contribution is 5.86. The second-order valence-electron chi connectivity index (χ2n) is 1.53. The minimum Gasteiger partial charge on any atom is -0.464 e. The highest BCUT2D eigenvalue weighted by atomic mass is 16.5. The first kappa shape index (κ1) is 3.14. The van der Waals surface area contributed by atoms with Gasteiger partial charge in [-0.1, -0.05) is 6.07 Å². The van der Waals surface area contributed by atoms with Gasteiger partial charge in [0.25, 0.3) is 0 Å². The molecule has 0 N–H and O–H groups in total. The molecule has 0 aliphatic rings. The van der Waals surface area contributed by atoms with Gasteiger partial charge >= 0.3 is 5.97 Å². The zero-order chi connectivity index (χ0) is 10.8. The maximum absolute atomic E-state index is 11.1. The Hall–Kier alpha value is -1.38. The number of hydrogen-bond donors (Lipinski definition) is 0. The van der Waals surface area contributed by atoms with Crippen molar-refractivity contribution in [3.8, 4) is 0 Å². The van der Waals surface area contributed by atoms with Crippen molar-refractivity contribution >= 4 is 5.97 Å². The summed E-state index contributed by atoms with van der Waals surface area (Å²) in [6.07, 6.45) is 1.14. The van der Waals surface area contributed by atoms with E-state index >= 15 is 0 Å². The minimum absolute atomic E-state index is 0.128. The smallest absolute Gasteiger partial charge is 0.356 e. The number of carbonyl (C=O) groups excluding carboxylic acids is 1. The number of aromatic nitrogens is 1. The largest absolute Gasteiger partial charge is 0.464 e. The molecule has 10 heavy (non-hydrogen) atoms. The lowest BCUT2D eigenvalue weighted by Gasteiger charge is -1.94. The fourth-order valence-electron chi connectivity index (χ4n) is 0.493. The van der Waals surface area contributed by atoms with E-state index in [9.17, 15) is 4.79 Å². The fourth-order valence-corrected chi connectivity index (χ4v) is 0.493. The molecule has 0 amide bonds. The van der Waals surface area contributed by atoms with Crippen molar-refractivity contribution in [2.75, 3.05) is 7.04 Å². The van der Waals surface area contributed by atoms with Crippen LogP contribution in [0, 0.1) is 0 Å². The van der Waals surface area contributed by atoms with E-state index < -0.39 is 13.0 Å². The summed E-state index contributed by atoms with van der Waals surface area (Å²) >= 11 is 0. The first-order valence-electron chi connectivity index (χ1n) is 4.54. The molecule has 1 aromatic heterocycles. The maximum atomic E-state index is 11.1. The Labute approximate surface area is 64.3 Å². The molecular weight excluding hydrogens is 130 g/mol. The lowest BCUT2D eigenvalue weighted by molar-refractivity contribution is 0.0594. The Balaban J connectivity index is 2.76. The van der Waals surface area contributed by atoms with Gasteiger partial charge in [0.2, 0.25) is 0 Å². The molecule has 0 radical (unpaired) electrons. The Morgan fingerprint density at radius 2 is 2.90 bits per heavy atom. The van der Waals surface area contributed by atoms with Crippen molar-refractivity contribution in [1.82, 2.24) is 4.98 Å². The van der Waals surface area contributed by atoms with Gasteiger partial charge < -0.3 is 4.74 Å². The van der Waals surface area contributed by atoms with Gasteiger partial charge in [0.15, 0.2) is 0 Å². The third-order valence-corrected chi connectivity index (χ3v) is 0.917. The van der Waals surface area contributed by atoms with E-state index in [1.54, 1.807) is 0 Å². The molecule has 1 heterocycles. The highest BCUT2D eigenvalue weighted by Crippen LogP contribution is 1.93. The Bertz CT molecular complexity index is 333.